The number of aromatic nitrogens is 2. The minimum absolute atomic E-state index is 0.0537. The van der Waals surface area contributed by atoms with E-state index in [0.29, 0.717) is 12.3 Å². The van der Waals surface area contributed by atoms with Gasteiger partial charge in [0.1, 0.15) is 0 Å². The molecule has 0 aliphatic carbocycles. The molecule has 1 amide bonds. The molecule has 4 nitrogen and oxygen atoms in total. The molecule has 0 bridgehead atoms. The third kappa shape index (κ3) is 6.37. The van der Waals surface area contributed by atoms with Crippen LogP contribution in [-0.2, 0) is 11.2 Å². The number of thioether (sulfide) groups is 2. The molecule has 2 aromatic rings. The van der Waals surface area contributed by atoms with E-state index >= 15 is 0 Å². The van der Waals surface area contributed by atoms with Crippen LogP contribution in [0.5, 0.6) is 0 Å². The fourth-order valence-corrected chi connectivity index (χ4v) is 4.53. The average Bonchev–Trinajstić information content (AvgIpc) is 2.99. The summed E-state index contributed by atoms with van der Waals surface area (Å²) in [6, 6.07) is 10.3. The van der Waals surface area contributed by atoms with Crippen molar-refractivity contribution in [1.29, 1.82) is 0 Å². The molecule has 0 atom stereocenters. The maximum atomic E-state index is 11.8. The quantitative estimate of drug-likeness (QED) is 0.552. The molecule has 2 rings (SSSR count). The van der Waals surface area contributed by atoms with Crippen molar-refractivity contribution in [3.63, 3.8) is 0 Å². The molecule has 0 spiro atoms. The first-order chi connectivity index (χ1) is 10.8. The lowest BCUT2D eigenvalue weighted by Gasteiger charge is -2.04. The van der Waals surface area contributed by atoms with Gasteiger partial charge < -0.3 is 5.32 Å². The maximum Gasteiger partial charge on any atom is 0.230 e. The topological polar surface area (TPSA) is 54.9 Å². The highest BCUT2D eigenvalue weighted by molar-refractivity contribution is 8.03. The average molecular weight is 354 g/mol. The summed E-state index contributed by atoms with van der Waals surface area (Å²) in [7, 11) is 0. The van der Waals surface area contributed by atoms with Gasteiger partial charge in [0.2, 0.25) is 5.91 Å². The van der Waals surface area contributed by atoms with E-state index in [9.17, 15) is 4.79 Å². The molecule has 118 valence electrons. The largest absolute Gasteiger partial charge is 0.355 e. The van der Waals surface area contributed by atoms with Crippen molar-refractivity contribution in [2.45, 2.75) is 28.4 Å². The van der Waals surface area contributed by atoms with Crippen LogP contribution >= 0.6 is 34.9 Å². The Balaban J connectivity index is 1.59. The standard InChI is InChI=1S/C15H19N3OS3/c1-2-20-14-17-18-15(22-14)21-11-13(19)16-10-6-9-12-7-4-3-5-8-12/h3-5,7-8H,2,6,9-11H2,1H3,(H,16,19). The molecule has 22 heavy (non-hydrogen) atoms. The first-order valence-corrected chi connectivity index (χ1v) is 9.96. The summed E-state index contributed by atoms with van der Waals surface area (Å²) in [6.45, 7) is 2.79. The number of aryl methyl sites for hydroxylation is 1. The Morgan fingerprint density at radius 2 is 1.91 bits per heavy atom. The van der Waals surface area contributed by atoms with Gasteiger partial charge in [0.05, 0.1) is 5.75 Å². The third-order valence-electron chi connectivity index (χ3n) is 2.79. The van der Waals surface area contributed by atoms with Crippen molar-refractivity contribution < 1.29 is 4.79 Å². The van der Waals surface area contributed by atoms with E-state index in [-0.39, 0.29) is 5.91 Å². The third-order valence-corrected chi connectivity index (χ3v) is 5.86. The number of nitrogens with zero attached hydrogens (tertiary/aromatic N) is 2. The second kappa shape index (κ2) is 9.86. The smallest absolute Gasteiger partial charge is 0.230 e. The second-order valence-corrected chi connectivity index (χ2v) is 8.21. The van der Waals surface area contributed by atoms with Gasteiger partial charge in [-0.1, -0.05) is 72.1 Å². The maximum absolute atomic E-state index is 11.8. The zero-order valence-corrected chi connectivity index (χ0v) is 14.9. The highest BCUT2D eigenvalue weighted by atomic mass is 32.2. The fraction of sp³-hybridized carbons (Fsp3) is 0.400. The first-order valence-electron chi connectivity index (χ1n) is 7.17. The van der Waals surface area contributed by atoms with Gasteiger partial charge in [0.15, 0.2) is 8.68 Å². The van der Waals surface area contributed by atoms with Crippen molar-refractivity contribution in [3.8, 4) is 0 Å². The van der Waals surface area contributed by atoms with Crippen LogP contribution < -0.4 is 5.32 Å². The van der Waals surface area contributed by atoms with Crippen molar-refractivity contribution in [1.82, 2.24) is 15.5 Å². The van der Waals surface area contributed by atoms with Crippen LogP contribution in [0.15, 0.2) is 39.0 Å². The summed E-state index contributed by atoms with van der Waals surface area (Å²) < 4.78 is 1.82. The van der Waals surface area contributed by atoms with Crippen LogP contribution in [0.2, 0.25) is 0 Å². The zero-order chi connectivity index (χ0) is 15.6. The van der Waals surface area contributed by atoms with Crippen molar-refractivity contribution in [3.05, 3.63) is 35.9 Å². The monoisotopic (exact) mass is 353 g/mol. The van der Waals surface area contributed by atoms with Gasteiger partial charge in [-0.3, -0.25) is 4.79 Å². The Kier molecular flexibility index (Phi) is 7.76. The van der Waals surface area contributed by atoms with Gasteiger partial charge in [-0.2, -0.15) is 0 Å². The van der Waals surface area contributed by atoms with Crippen molar-refractivity contribution in [2.75, 3.05) is 18.1 Å². The van der Waals surface area contributed by atoms with Gasteiger partial charge in [-0.05, 0) is 24.2 Å². The summed E-state index contributed by atoms with van der Waals surface area (Å²) >= 11 is 4.67. The predicted octanol–water partition coefficient (Wildman–Crippen LogP) is 3.49. The first kappa shape index (κ1) is 17.3. The predicted molar refractivity (Wildman–Crippen MR) is 94.8 cm³/mol. The summed E-state index contributed by atoms with van der Waals surface area (Å²) in [4.78, 5) is 11.8. The summed E-state index contributed by atoms with van der Waals surface area (Å²) in [5.41, 5.74) is 1.31. The molecule has 1 N–H and O–H groups in total. The van der Waals surface area contributed by atoms with E-state index < -0.39 is 0 Å². The molecule has 0 fully saturated rings. The van der Waals surface area contributed by atoms with Crippen molar-refractivity contribution in [2.24, 2.45) is 0 Å². The molecule has 0 unspecified atom stereocenters. The van der Waals surface area contributed by atoms with E-state index in [2.05, 4.69) is 34.6 Å². The number of carbonyl (C=O) groups excluding carboxylic acids is 1. The fourth-order valence-electron chi connectivity index (χ4n) is 1.78. The lowest BCUT2D eigenvalue weighted by atomic mass is 10.1. The number of carbonyl (C=O) groups is 1. The highest BCUT2D eigenvalue weighted by Gasteiger charge is 2.07. The lowest BCUT2D eigenvalue weighted by Crippen LogP contribution is -2.26. The Hall–Kier alpha value is -1.05. The molecule has 1 heterocycles. The molecular formula is C15H19N3OS3. The van der Waals surface area contributed by atoms with Gasteiger partial charge in [0.25, 0.3) is 0 Å². The number of rotatable bonds is 9. The summed E-state index contributed by atoms with van der Waals surface area (Å²) in [6.07, 6.45) is 1.94. The van der Waals surface area contributed by atoms with Gasteiger partial charge in [-0.25, -0.2) is 0 Å². The normalized spacial score (nSPS) is 10.6. The molecule has 0 aliphatic heterocycles. The Morgan fingerprint density at radius 1 is 1.18 bits per heavy atom. The number of benzene rings is 1. The van der Waals surface area contributed by atoms with Crippen LogP contribution in [-0.4, -0.2) is 34.2 Å². The van der Waals surface area contributed by atoms with E-state index in [4.69, 9.17) is 0 Å². The van der Waals surface area contributed by atoms with E-state index in [1.54, 1.807) is 23.1 Å². The molecule has 0 aliphatic rings. The molecule has 1 aromatic carbocycles. The van der Waals surface area contributed by atoms with E-state index in [1.165, 1.54) is 17.3 Å². The Labute approximate surface area is 143 Å². The zero-order valence-electron chi connectivity index (χ0n) is 12.4. The molecule has 1 aromatic heterocycles. The number of amides is 1. The Bertz CT molecular complexity index is 574. The molecule has 0 saturated carbocycles. The van der Waals surface area contributed by atoms with Crippen LogP contribution in [0, 0.1) is 0 Å². The molecular weight excluding hydrogens is 334 g/mol. The SMILES string of the molecule is CCSc1nnc(SCC(=O)NCCCc2ccccc2)s1. The van der Waals surface area contributed by atoms with Crippen LogP contribution in [0.3, 0.4) is 0 Å². The lowest BCUT2D eigenvalue weighted by molar-refractivity contribution is -0.118. The molecule has 0 radical (unpaired) electrons. The number of hydrogen-bond donors (Lipinski definition) is 1. The molecule has 7 heteroatoms. The Morgan fingerprint density at radius 3 is 2.64 bits per heavy atom. The van der Waals surface area contributed by atoms with Crippen LogP contribution in [0.25, 0.3) is 0 Å². The summed E-state index contributed by atoms with van der Waals surface area (Å²) in [5, 5.41) is 11.1. The highest BCUT2D eigenvalue weighted by Crippen LogP contribution is 2.28. The number of nitrogens with one attached hydrogen (secondary N) is 1. The number of hydrogen-bond acceptors (Lipinski definition) is 6. The van der Waals surface area contributed by atoms with Gasteiger partial charge in [0, 0.05) is 6.54 Å². The minimum Gasteiger partial charge on any atom is -0.355 e. The molecule has 0 saturated heterocycles. The van der Waals surface area contributed by atoms with Crippen LogP contribution in [0.4, 0.5) is 0 Å². The minimum atomic E-state index is 0.0537. The van der Waals surface area contributed by atoms with Gasteiger partial charge in [-0.15, -0.1) is 10.2 Å². The second-order valence-electron chi connectivity index (χ2n) is 4.49. The summed E-state index contributed by atoms with van der Waals surface area (Å²) in [5.74, 6) is 1.44. The van der Waals surface area contributed by atoms with E-state index in [0.717, 1.165) is 27.3 Å². The van der Waals surface area contributed by atoms with E-state index in [1.807, 2.05) is 18.2 Å². The van der Waals surface area contributed by atoms with Crippen molar-refractivity contribution >= 4 is 40.8 Å². The van der Waals surface area contributed by atoms with Crippen LogP contribution in [0.1, 0.15) is 18.9 Å². The van der Waals surface area contributed by atoms with Gasteiger partial charge >= 0.3 is 0 Å².